The molecule has 4 aromatic rings. The molecule has 130 valence electrons. The van der Waals surface area contributed by atoms with E-state index in [0.29, 0.717) is 0 Å². The molecular formula is C21H18BrN3O. The maximum atomic E-state index is 5.22. The van der Waals surface area contributed by atoms with Crippen LogP contribution in [0.5, 0.6) is 5.75 Å². The van der Waals surface area contributed by atoms with Crippen LogP contribution >= 0.6 is 15.9 Å². The van der Waals surface area contributed by atoms with E-state index in [0.717, 1.165) is 49.8 Å². The zero-order chi connectivity index (χ0) is 18.3. The second-order valence-corrected chi connectivity index (χ2v) is 6.99. The molecule has 0 unspecified atom stereocenters. The normalized spacial score (nSPS) is 11.1. The number of nitrogens with zero attached hydrogens (tertiary/aromatic N) is 3. The zero-order valence-corrected chi connectivity index (χ0v) is 16.4. The van der Waals surface area contributed by atoms with E-state index < -0.39 is 0 Å². The minimum absolute atomic E-state index is 0.720. The number of hydrogen-bond acceptors (Lipinski definition) is 3. The summed E-state index contributed by atoms with van der Waals surface area (Å²) in [5.41, 5.74) is 6.35. The van der Waals surface area contributed by atoms with E-state index in [9.17, 15) is 0 Å². The van der Waals surface area contributed by atoms with Gasteiger partial charge in [-0.15, -0.1) is 0 Å². The number of imidazole rings is 1. The predicted molar refractivity (Wildman–Crippen MR) is 108 cm³/mol. The molecule has 0 atom stereocenters. The Morgan fingerprint density at radius 2 is 1.42 bits per heavy atom. The first kappa shape index (κ1) is 16.8. The molecule has 0 aliphatic rings. The molecule has 2 heterocycles. The van der Waals surface area contributed by atoms with Gasteiger partial charge >= 0.3 is 0 Å². The SMILES string of the molecule is COc1ccc(-c2ccc(-c3cn4c(C)c(Br)c(C)nc4n3)cc2)cc1. The molecule has 2 aromatic carbocycles. The second kappa shape index (κ2) is 6.57. The maximum absolute atomic E-state index is 5.22. The number of hydrogen-bond donors (Lipinski definition) is 0. The number of aryl methyl sites for hydroxylation is 2. The fraction of sp³-hybridized carbons (Fsp3) is 0.143. The molecule has 2 aromatic heterocycles. The Balaban J connectivity index is 1.70. The van der Waals surface area contributed by atoms with Crippen molar-refractivity contribution in [2.24, 2.45) is 0 Å². The van der Waals surface area contributed by atoms with Crippen molar-refractivity contribution in [1.29, 1.82) is 0 Å². The van der Waals surface area contributed by atoms with Crippen LogP contribution in [0.15, 0.2) is 59.2 Å². The highest BCUT2D eigenvalue weighted by atomic mass is 79.9. The topological polar surface area (TPSA) is 39.4 Å². The fourth-order valence-electron chi connectivity index (χ4n) is 3.02. The molecule has 0 N–H and O–H groups in total. The van der Waals surface area contributed by atoms with Crippen LogP contribution in [0.1, 0.15) is 11.4 Å². The Hall–Kier alpha value is -2.66. The Morgan fingerprint density at radius 1 is 0.846 bits per heavy atom. The van der Waals surface area contributed by atoms with Gasteiger partial charge in [-0.05, 0) is 53.0 Å². The van der Waals surface area contributed by atoms with Crippen LogP contribution in [-0.4, -0.2) is 21.5 Å². The monoisotopic (exact) mass is 407 g/mol. The highest BCUT2D eigenvalue weighted by Crippen LogP contribution is 2.27. The summed E-state index contributed by atoms with van der Waals surface area (Å²) in [5, 5.41) is 0. The van der Waals surface area contributed by atoms with E-state index in [1.807, 2.05) is 29.7 Å². The minimum atomic E-state index is 0.720. The lowest BCUT2D eigenvalue weighted by atomic mass is 10.0. The van der Waals surface area contributed by atoms with Gasteiger partial charge in [0.25, 0.3) is 0 Å². The molecule has 5 heteroatoms. The van der Waals surface area contributed by atoms with Crippen LogP contribution < -0.4 is 4.74 Å². The first-order valence-corrected chi connectivity index (χ1v) is 9.13. The first-order chi connectivity index (χ1) is 12.6. The third kappa shape index (κ3) is 2.88. The lowest BCUT2D eigenvalue weighted by molar-refractivity contribution is 0.415. The largest absolute Gasteiger partial charge is 0.497 e. The van der Waals surface area contributed by atoms with Gasteiger partial charge in [0, 0.05) is 17.5 Å². The van der Waals surface area contributed by atoms with E-state index in [2.05, 4.69) is 69.2 Å². The van der Waals surface area contributed by atoms with Crippen LogP contribution in [0.3, 0.4) is 0 Å². The number of aromatic nitrogens is 3. The van der Waals surface area contributed by atoms with Gasteiger partial charge in [-0.25, -0.2) is 9.97 Å². The molecule has 0 saturated heterocycles. The van der Waals surface area contributed by atoms with Gasteiger partial charge in [0.2, 0.25) is 5.78 Å². The van der Waals surface area contributed by atoms with Crippen LogP contribution in [0.4, 0.5) is 0 Å². The number of benzene rings is 2. The number of ether oxygens (including phenoxy) is 1. The average Bonchev–Trinajstić information content (AvgIpc) is 3.10. The highest BCUT2D eigenvalue weighted by molar-refractivity contribution is 9.10. The lowest BCUT2D eigenvalue weighted by Crippen LogP contribution is -1.97. The Labute approximate surface area is 160 Å². The fourth-order valence-corrected chi connectivity index (χ4v) is 3.30. The summed E-state index contributed by atoms with van der Waals surface area (Å²) in [5.74, 6) is 1.58. The third-order valence-electron chi connectivity index (χ3n) is 4.56. The summed E-state index contributed by atoms with van der Waals surface area (Å²) in [6, 6.07) is 16.5. The van der Waals surface area contributed by atoms with Crippen molar-refractivity contribution in [3.63, 3.8) is 0 Å². The second-order valence-electron chi connectivity index (χ2n) is 6.20. The van der Waals surface area contributed by atoms with Crippen molar-refractivity contribution in [2.75, 3.05) is 7.11 Å². The lowest BCUT2D eigenvalue weighted by Gasteiger charge is -2.05. The van der Waals surface area contributed by atoms with Crippen molar-refractivity contribution in [3.8, 4) is 28.1 Å². The molecule has 0 saturated carbocycles. The van der Waals surface area contributed by atoms with Gasteiger partial charge < -0.3 is 4.74 Å². The van der Waals surface area contributed by atoms with Crippen LogP contribution in [0.25, 0.3) is 28.2 Å². The summed E-state index contributed by atoms with van der Waals surface area (Å²) >= 11 is 3.59. The molecule has 4 rings (SSSR count). The summed E-state index contributed by atoms with van der Waals surface area (Å²) < 4.78 is 8.25. The van der Waals surface area contributed by atoms with Crippen molar-refractivity contribution in [2.45, 2.75) is 13.8 Å². The Kier molecular flexibility index (Phi) is 4.24. The summed E-state index contributed by atoms with van der Waals surface area (Å²) in [4.78, 5) is 9.24. The van der Waals surface area contributed by atoms with Gasteiger partial charge in [-0.1, -0.05) is 36.4 Å². The van der Waals surface area contributed by atoms with Crippen LogP contribution in [-0.2, 0) is 0 Å². The predicted octanol–water partition coefficient (Wildman–Crippen LogP) is 5.45. The molecule has 26 heavy (non-hydrogen) atoms. The maximum Gasteiger partial charge on any atom is 0.234 e. The van der Waals surface area contributed by atoms with Gasteiger partial charge in [-0.3, -0.25) is 4.40 Å². The number of halogens is 1. The van der Waals surface area contributed by atoms with Crippen molar-refractivity contribution < 1.29 is 4.74 Å². The van der Waals surface area contributed by atoms with Crippen molar-refractivity contribution >= 4 is 21.7 Å². The molecule has 0 spiro atoms. The van der Waals surface area contributed by atoms with E-state index in [1.54, 1.807) is 7.11 Å². The molecule has 4 nitrogen and oxygen atoms in total. The molecular weight excluding hydrogens is 390 g/mol. The van der Waals surface area contributed by atoms with Crippen LogP contribution in [0.2, 0.25) is 0 Å². The Morgan fingerprint density at radius 3 is 2.04 bits per heavy atom. The average molecular weight is 408 g/mol. The van der Waals surface area contributed by atoms with Gasteiger partial charge in [0.15, 0.2) is 0 Å². The molecule has 0 bridgehead atoms. The molecule has 0 radical (unpaired) electrons. The summed E-state index contributed by atoms with van der Waals surface area (Å²) in [7, 11) is 1.68. The molecule has 0 amide bonds. The number of rotatable bonds is 3. The van der Waals surface area contributed by atoms with Gasteiger partial charge in [0.1, 0.15) is 5.75 Å². The number of fused-ring (bicyclic) bond motifs is 1. The van der Waals surface area contributed by atoms with Gasteiger partial charge in [-0.2, -0.15) is 0 Å². The van der Waals surface area contributed by atoms with E-state index in [4.69, 9.17) is 4.74 Å². The van der Waals surface area contributed by atoms with Gasteiger partial charge in [0.05, 0.1) is 23.0 Å². The smallest absolute Gasteiger partial charge is 0.234 e. The van der Waals surface area contributed by atoms with Crippen molar-refractivity contribution in [1.82, 2.24) is 14.4 Å². The van der Waals surface area contributed by atoms with Crippen LogP contribution in [0, 0.1) is 13.8 Å². The first-order valence-electron chi connectivity index (χ1n) is 8.33. The summed E-state index contributed by atoms with van der Waals surface area (Å²) in [6.45, 7) is 4.04. The third-order valence-corrected chi connectivity index (χ3v) is 5.70. The molecule has 0 aliphatic carbocycles. The standard InChI is InChI=1S/C21H18BrN3O/c1-13-20(22)14(2)25-12-19(24-21(25)23-13)17-6-4-15(5-7-17)16-8-10-18(26-3)11-9-16/h4-12H,1-3H3. The van der Waals surface area contributed by atoms with E-state index in [1.165, 1.54) is 0 Å². The molecule has 0 fully saturated rings. The van der Waals surface area contributed by atoms with E-state index in [-0.39, 0.29) is 0 Å². The quantitative estimate of drug-likeness (QED) is 0.453. The minimum Gasteiger partial charge on any atom is -0.497 e. The van der Waals surface area contributed by atoms with E-state index >= 15 is 0 Å². The highest BCUT2D eigenvalue weighted by Gasteiger charge is 2.11. The van der Waals surface area contributed by atoms with Crippen molar-refractivity contribution in [3.05, 3.63) is 70.6 Å². The number of methoxy groups -OCH3 is 1. The zero-order valence-electron chi connectivity index (χ0n) is 14.8. The Bertz CT molecular complexity index is 1080. The molecule has 0 aliphatic heterocycles. The summed E-state index contributed by atoms with van der Waals surface area (Å²) in [6.07, 6.45) is 2.03.